The molecule has 3 aromatic rings. The normalized spacial score (nSPS) is 15.3. The zero-order valence-corrected chi connectivity index (χ0v) is 9.59. The van der Waals surface area contributed by atoms with Gasteiger partial charge < -0.3 is 14.7 Å². The van der Waals surface area contributed by atoms with E-state index in [0.717, 1.165) is 22.6 Å². The number of nitrogens with two attached hydrogens (primary N) is 1. The SMILES string of the molecule is Nc1cc(-c2ccc3oc(C4CC4)nc3c2)no1. The molecule has 2 heterocycles. The molecule has 1 aliphatic rings. The molecule has 2 aromatic heterocycles. The predicted molar refractivity (Wildman–Crippen MR) is 65.9 cm³/mol. The quantitative estimate of drug-likeness (QED) is 0.746. The highest BCUT2D eigenvalue weighted by molar-refractivity contribution is 5.79. The van der Waals surface area contributed by atoms with E-state index in [9.17, 15) is 0 Å². The first kappa shape index (κ1) is 9.70. The molecule has 90 valence electrons. The number of benzene rings is 1. The summed E-state index contributed by atoms with van der Waals surface area (Å²) in [6, 6.07) is 7.49. The number of nitrogens with zero attached hydrogens (tertiary/aromatic N) is 2. The second-order valence-electron chi connectivity index (χ2n) is 4.62. The summed E-state index contributed by atoms with van der Waals surface area (Å²) in [6.45, 7) is 0. The Morgan fingerprint density at radius 1 is 1.22 bits per heavy atom. The van der Waals surface area contributed by atoms with Crippen LogP contribution in [0.2, 0.25) is 0 Å². The summed E-state index contributed by atoms with van der Waals surface area (Å²) >= 11 is 0. The number of aromatic nitrogens is 2. The van der Waals surface area contributed by atoms with Crippen LogP contribution in [0.3, 0.4) is 0 Å². The van der Waals surface area contributed by atoms with Crippen LogP contribution in [0.25, 0.3) is 22.4 Å². The van der Waals surface area contributed by atoms with Crippen molar-refractivity contribution in [3.63, 3.8) is 0 Å². The highest BCUT2D eigenvalue weighted by atomic mass is 16.5. The first-order valence-electron chi connectivity index (χ1n) is 5.92. The van der Waals surface area contributed by atoms with E-state index in [1.807, 2.05) is 18.2 Å². The van der Waals surface area contributed by atoms with E-state index < -0.39 is 0 Å². The number of oxazole rings is 1. The summed E-state index contributed by atoms with van der Waals surface area (Å²) in [4.78, 5) is 4.51. The third-order valence-electron chi connectivity index (χ3n) is 3.15. The Hall–Kier alpha value is -2.30. The molecule has 0 saturated heterocycles. The lowest BCUT2D eigenvalue weighted by atomic mass is 10.1. The smallest absolute Gasteiger partial charge is 0.222 e. The van der Waals surface area contributed by atoms with Crippen LogP contribution in [0.5, 0.6) is 0 Å². The van der Waals surface area contributed by atoms with Gasteiger partial charge in [0.2, 0.25) is 5.88 Å². The molecule has 1 aromatic carbocycles. The first-order valence-corrected chi connectivity index (χ1v) is 5.92. The van der Waals surface area contributed by atoms with Crippen LogP contribution in [0.4, 0.5) is 5.88 Å². The molecule has 0 spiro atoms. The minimum absolute atomic E-state index is 0.309. The molecule has 1 saturated carbocycles. The van der Waals surface area contributed by atoms with Crippen molar-refractivity contribution in [3.8, 4) is 11.3 Å². The average Bonchev–Trinajstić information content (AvgIpc) is 2.99. The minimum Gasteiger partial charge on any atom is -0.440 e. The van der Waals surface area contributed by atoms with Gasteiger partial charge in [0.1, 0.15) is 11.2 Å². The van der Waals surface area contributed by atoms with Gasteiger partial charge in [-0.15, -0.1) is 0 Å². The molecule has 4 rings (SSSR count). The fraction of sp³-hybridized carbons (Fsp3) is 0.231. The third kappa shape index (κ3) is 1.48. The molecule has 0 radical (unpaired) electrons. The Bertz CT molecular complexity index is 725. The van der Waals surface area contributed by atoms with E-state index in [1.54, 1.807) is 6.07 Å². The molecule has 0 aliphatic heterocycles. The zero-order valence-electron chi connectivity index (χ0n) is 9.59. The van der Waals surface area contributed by atoms with Gasteiger partial charge in [-0.3, -0.25) is 0 Å². The van der Waals surface area contributed by atoms with Crippen LogP contribution in [-0.4, -0.2) is 10.1 Å². The summed E-state index contributed by atoms with van der Waals surface area (Å²) < 4.78 is 10.6. The fourth-order valence-corrected chi connectivity index (χ4v) is 2.03. The average molecular weight is 241 g/mol. The van der Waals surface area contributed by atoms with Gasteiger partial charge in [0.25, 0.3) is 0 Å². The molecule has 0 unspecified atom stereocenters. The minimum atomic E-state index is 0.309. The summed E-state index contributed by atoms with van der Waals surface area (Å²) in [5.74, 6) is 1.68. The maximum absolute atomic E-state index is 5.71. The van der Waals surface area contributed by atoms with Crippen molar-refractivity contribution >= 4 is 17.0 Å². The highest BCUT2D eigenvalue weighted by Crippen LogP contribution is 2.40. The molecule has 2 N–H and O–H groups in total. The van der Waals surface area contributed by atoms with E-state index in [2.05, 4.69) is 10.1 Å². The Labute approximate surface area is 103 Å². The molecule has 1 aliphatic carbocycles. The Morgan fingerprint density at radius 2 is 2.11 bits per heavy atom. The second kappa shape index (κ2) is 3.35. The van der Waals surface area contributed by atoms with Crippen molar-refractivity contribution in [2.45, 2.75) is 18.8 Å². The van der Waals surface area contributed by atoms with Crippen molar-refractivity contribution in [3.05, 3.63) is 30.2 Å². The van der Waals surface area contributed by atoms with E-state index in [0.29, 0.717) is 17.5 Å². The van der Waals surface area contributed by atoms with Gasteiger partial charge >= 0.3 is 0 Å². The topological polar surface area (TPSA) is 78.1 Å². The van der Waals surface area contributed by atoms with Gasteiger partial charge in [0, 0.05) is 17.5 Å². The summed E-state index contributed by atoms with van der Waals surface area (Å²) in [5.41, 5.74) is 8.83. The standard InChI is InChI=1S/C13H11N3O2/c14-12-6-9(16-18-12)8-3-4-11-10(5-8)15-13(17-11)7-1-2-7/h3-7H,1-2,14H2. The van der Waals surface area contributed by atoms with Gasteiger partial charge in [0.15, 0.2) is 11.5 Å². The zero-order chi connectivity index (χ0) is 12.1. The Kier molecular flexibility index (Phi) is 1.81. The lowest BCUT2D eigenvalue weighted by Gasteiger charge is -1.93. The lowest BCUT2D eigenvalue weighted by molar-refractivity contribution is 0.439. The summed E-state index contributed by atoms with van der Waals surface area (Å²) in [6.07, 6.45) is 2.36. The molecule has 18 heavy (non-hydrogen) atoms. The van der Waals surface area contributed by atoms with Crippen molar-refractivity contribution in [1.29, 1.82) is 0 Å². The fourth-order valence-electron chi connectivity index (χ4n) is 2.03. The number of hydrogen-bond donors (Lipinski definition) is 1. The van der Waals surface area contributed by atoms with Crippen LogP contribution in [0.15, 0.2) is 33.2 Å². The van der Waals surface area contributed by atoms with Gasteiger partial charge in [0.05, 0.1) is 0 Å². The maximum Gasteiger partial charge on any atom is 0.222 e. The van der Waals surface area contributed by atoms with Gasteiger partial charge in [-0.1, -0.05) is 5.16 Å². The van der Waals surface area contributed by atoms with E-state index in [1.165, 1.54) is 12.8 Å². The second-order valence-corrected chi connectivity index (χ2v) is 4.62. The Morgan fingerprint density at radius 3 is 2.83 bits per heavy atom. The predicted octanol–water partition coefficient (Wildman–Crippen LogP) is 2.94. The molecular weight excluding hydrogens is 230 g/mol. The molecule has 0 bridgehead atoms. The Balaban J connectivity index is 1.82. The molecule has 0 atom stereocenters. The number of fused-ring (bicyclic) bond motifs is 1. The molecule has 5 nitrogen and oxygen atoms in total. The van der Waals surface area contributed by atoms with Crippen molar-refractivity contribution in [2.24, 2.45) is 0 Å². The van der Waals surface area contributed by atoms with Crippen LogP contribution >= 0.6 is 0 Å². The summed E-state index contributed by atoms with van der Waals surface area (Å²) in [7, 11) is 0. The number of nitrogen functional groups attached to an aromatic ring is 1. The van der Waals surface area contributed by atoms with Gasteiger partial charge in [-0.25, -0.2) is 4.98 Å². The third-order valence-corrected chi connectivity index (χ3v) is 3.15. The van der Waals surface area contributed by atoms with E-state index in [4.69, 9.17) is 14.7 Å². The number of hydrogen-bond acceptors (Lipinski definition) is 5. The van der Waals surface area contributed by atoms with Gasteiger partial charge in [-0.05, 0) is 31.0 Å². The van der Waals surface area contributed by atoms with Crippen LogP contribution < -0.4 is 5.73 Å². The lowest BCUT2D eigenvalue weighted by Crippen LogP contribution is -1.78. The maximum atomic E-state index is 5.71. The van der Waals surface area contributed by atoms with Crippen molar-refractivity contribution < 1.29 is 8.94 Å². The molecule has 5 heteroatoms. The first-order chi connectivity index (χ1) is 8.79. The van der Waals surface area contributed by atoms with Crippen LogP contribution in [0, 0.1) is 0 Å². The van der Waals surface area contributed by atoms with Crippen LogP contribution in [-0.2, 0) is 0 Å². The summed E-state index contributed by atoms with van der Waals surface area (Å²) in [5, 5.41) is 3.89. The highest BCUT2D eigenvalue weighted by Gasteiger charge is 2.28. The van der Waals surface area contributed by atoms with Crippen molar-refractivity contribution in [2.75, 3.05) is 5.73 Å². The van der Waals surface area contributed by atoms with E-state index in [-0.39, 0.29) is 0 Å². The molecular formula is C13H11N3O2. The van der Waals surface area contributed by atoms with E-state index >= 15 is 0 Å². The number of anilines is 1. The van der Waals surface area contributed by atoms with Crippen molar-refractivity contribution in [1.82, 2.24) is 10.1 Å². The largest absolute Gasteiger partial charge is 0.440 e. The molecule has 1 fully saturated rings. The molecule has 0 amide bonds. The van der Waals surface area contributed by atoms with Crippen LogP contribution in [0.1, 0.15) is 24.7 Å². The number of rotatable bonds is 2. The monoisotopic (exact) mass is 241 g/mol. The van der Waals surface area contributed by atoms with Gasteiger partial charge in [-0.2, -0.15) is 0 Å².